The van der Waals surface area contributed by atoms with E-state index in [0.717, 1.165) is 30.8 Å². The molecule has 0 bridgehead atoms. The summed E-state index contributed by atoms with van der Waals surface area (Å²) in [5.41, 5.74) is 7.86. The van der Waals surface area contributed by atoms with Crippen LogP contribution in [-0.4, -0.2) is 36.5 Å². The third-order valence-electron chi connectivity index (χ3n) is 4.01. The summed E-state index contributed by atoms with van der Waals surface area (Å²) < 4.78 is 0. The highest BCUT2D eigenvalue weighted by atomic mass is 16.2. The van der Waals surface area contributed by atoms with Gasteiger partial charge in [0.2, 0.25) is 5.91 Å². The van der Waals surface area contributed by atoms with E-state index < -0.39 is 0 Å². The van der Waals surface area contributed by atoms with Crippen molar-refractivity contribution in [2.45, 2.75) is 45.7 Å². The zero-order valence-electron chi connectivity index (χ0n) is 13.2. The molecule has 2 rings (SSSR count). The summed E-state index contributed by atoms with van der Waals surface area (Å²) in [6.45, 7) is 6.95. The molecule has 1 aliphatic carbocycles. The zero-order valence-corrected chi connectivity index (χ0v) is 13.2. The molecule has 0 spiro atoms. The summed E-state index contributed by atoms with van der Waals surface area (Å²) in [7, 11) is 0. The van der Waals surface area contributed by atoms with Gasteiger partial charge in [0.1, 0.15) is 0 Å². The second-order valence-corrected chi connectivity index (χ2v) is 5.70. The lowest BCUT2D eigenvalue weighted by Gasteiger charge is -2.28. The number of rotatable bonds is 8. The molecule has 1 amide bonds. The highest BCUT2D eigenvalue weighted by molar-refractivity contribution is 5.82. The first kappa shape index (κ1) is 15.8. The van der Waals surface area contributed by atoms with Crippen molar-refractivity contribution < 1.29 is 4.79 Å². The van der Waals surface area contributed by atoms with Crippen molar-refractivity contribution >= 4 is 11.6 Å². The topological polar surface area (TPSA) is 49.6 Å². The van der Waals surface area contributed by atoms with Crippen LogP contribution < -0.4 is 10.6 Å². The van der Waals surface area contributed by atoms with Gasteiger partial charge in [-0.3, -0.25) is 4.79 Å². The summed E-state index contributed by atoms with van der Waals surface area (Å²) in [4.78, 5) is 16.7. The fourth-order valence-corrected chi connectivity index (χ4v) is 2.69. The third-order valence-corrected chi connectivity index (χ3v) is 4.01. The summed E-state index contributed by atoms with van der Waals surface area (Å²) in [5, 5.41) is 0. The standard InChI is InChI=1S/C17H27N3O/c1-3-11-19(15-7-5-14(12-18)6-8-15)13-17(21)20(4-2)16-9-10-16/h5-8,16H,3-4,9-13,18H2,1-2H3. The van der Waals surface area contributed by atoms with Gasteiger partial charge < -0.3 is 15.5 Å². The quantitative estimate of drug-likeness (QED) is 0.799. The Balaban J connectivity index is 2.04. The van der Waals surface area contributed by atoms with Crippen LogP contribution in [0.1, 0.15) is 38.7 Å². The molecule has 4 heteroatoms. The molecule has 1 aliphatic rings. The number of nitrogens with two attached hydrogens (primary N) is 1. The lowest BCUT2D eigenvalue weighted by atomic mass is 10.2. The zero-order chi connectivity index (χ0) is 15.2. The van der Waals surface area contributed by atoms with E-state index in [-0.39, 0.29) is 5.91 Å². The molecular weight excluding hydrogens is 262 g/mol. The molecule has 21 heavy (non-hydrogen) atoms. The summed E-state index contributed by atoms with van der Waals surface area (Å²) in [5.74, 6) is 0.247. The Bertz CT molecular complexity index is 454. The van der Waals surface area contributed by atoms with Crippen LogP contribution in [0.5, 0.6) is 0 Å². The van der Waals surface area contributed by atoms with Gasteiger partial charge in [-0.05, 0) is 43.9 Å². The minimum atomic E-state index is 0.247. The van der Waals surface area contributed by atoms with E-state index in [0.29, 0.717) is 19.1 Å². The molecular formula is C17H27N3O. The Morgan fingerprint density at radius 1 is 1.24 bits per heavy atom. The van der Waals surface area contributed by atoms with Gasteiger partial charge in [0, 0.05) is 31.4 Å². The summed E-state index contributed by atoms with van der Waals surface area (Å²) in [6, 6.07) is 8.71. The maximum Gasteiger partial charge on any atom is 0.242 e. The molecule has 1 saturated carbocycles. The molecule has 0 atom stereocenters. The minimum Gasteiger partial charge on any atom is -0.362 e. The number of hydrogen-bond acceptors (Lipinski definition) is 3. The van der Waals surface area contributed by atoms with Crippen molar-refractivity contribution in [1.82, 2.24) is 4.90 Å². The van der Waals surface area contributed by atoms with Gasteiger partial charge >= 0.3 is 0 Å². The predicted octanol–water partition coefficient (Wildman–Crippen LogP) is 2.37. The molecule has 4 nitrogen and oxygen atoms in total. The lowest BCUT2D eigenvalue weighted by molar-refractivity contribution is -0.130. The van der Waals surface area contributed by atoms with Crippen molar-refractivity contribution in [2.75, 3.05) is 24.5 Å². The smallest absolute Gasteiger partial charge is 0.242 e. The molecule has 2 N–H and O–H groups in total. The Kier molecular flexibility index (Phi) is 5.62. The Labute approximate surface area is 127 Å². The van der Waals surface area contributed by atoms with Gasteiger partial charge in [0.25, 0.3) is 0 Å². The van der Waals surface area contributed by atoms with Gasteiger partial charge in [-0.1, -0.05) is 19.1 Å². The number of nitrogens with zero attached hydrogens (tertiary/aromatic N) is 2. The van der Waals surface area contributed by atoms with Crippen LogP contribution in [0.3, 0.4) is 0 Å². The van der Waals surface area contributed by atoms with E-state index in [1.807, 2.05) is 17.0 Å². The fraction of sp³-hybridized carbons (Fsp3) is 0.588. The van der Waals surface area contributed by atoms with E-state index in [2.05, 4.69) is 30.9 Å². The first-order valence-corrected chi connectivity index (χ1v) is 8.03. The molecule has 1 fully saturated rings. The van der Waals surface area contributed by atoms with Crippen LogP contribution in [0, 0.1) is 0 Å². The molecule has 0 unspecified atom stereocenters. The van der Waals surface area contributed by atoms with Gasteiger partial charge in [-0.2, -0.15) is 0 Å². The van der Waals surface area contributed by atoms with E-state index in [1.165, 1.54) is 12.8 Å². The van der Waals surface area contributed by atoms with Crippen LogP contribution in [0.2, 0.25) is 0 Å². The molecule has 0 aromatic heterocycles. The molecule has 0 radical (unpaired) electrons. The predicted molar refractivity (Wildman–Crippen MR) is 87.2 cm³/mol. The highest BCUT2D eigenvalue weighted by Gasteiger charge is 2.31. The average Bonchev–Trinajstić information content (AvgIpc) is 3.32. The number of carbonyl (C=O) groups is 1. The number of anilines is 1. The summed E-state index contributed by atoms with van der Waals surface area (Å²) in [6.07, 6.45) is 3.36. The molecule has 1 aromatic carbocycles. The number of carbonyl (C=O) groups excluding carboxylic acids is 1. The van der Waals surface area contributed by atoms with Crippen molar-refractivity contribution in [3.05, 3.63) is 29.8 Å². The van der Waals surface area contributed by atoms with Crippen LogP contribution in [0.25, 0.3) is 0 Å². The van der Waals surface area contributed by atoms with E-state index in [9.17, 15) is 4.79 Å². The van der Waals surface area contributed by atoms with Crippen LogP contribution in [0.4, 0.5) is 5.69 Å². The maximum absolute atomic E-state index is 12.5. The second kappa shape index (κ2) is 7.46. The van der Waals surface area contributed by atoms with Crippen molar-refractivity contribution in [3.63, 3.8) is 0 Å². The minimum absolute atomic E-state index is 0.247. The highest BCUT2D eigenvalue weighted by Crippen LogP contribution is 2.27. The SMILES string of the molecule is CCCN(CC(=O)N(CC)C1CC1)c1ccc(CN)cc1. The van der Waals surface area contributed by atoms with Crippen LogP contribution in [0.15, 0.2) is 24.3 Å². The monoisotopic (exact) mass is 289 g/mol. The second-order valence-electron chi connectivity index (χ2n) is 5.70. The largest absolute Gasteiger partial charge is 0.362 e. The Hall–Kier alpha value is -1.55. The first-order chi connectivity index (χ1) is 10.2. The average molecular weight is 289 g/mol. The maximum atomic E-state index is 12.5. The van der Waals surface area contributed by atoms with Crippen molar-refractivity contribution in [1.29, 1.82) is 0 Å². The number of benzene rings is 1. The first-order valence-electron chi connectivity index (χ1n) is 8.03. The fourth-order valence-electron chi connectivity index (χ4n) is 2.69. The van der Waals surface area contributed by atoms with E-state index in [4.69, 9.17) is 5.73 Å². The van der Waals surface area contributed by atoms with Gasteiger partial charge in [0.15, 0.2) is 0 Å². The molecule has 0 heterocycles. The van der Waals surface area contributed by atoms with Gasteiger partial charge in [-0.25, -0.2) is 0 Å². The van der Waals surface area contributed by atoms with Crippen molar-refractivity contribution in [2.24, 2.45) is 5.73 Å². The number of likely N-dealkylation sites (N-methyl/N-ethyl adjacent to an activating group) is 1. The van der Waals surface area contributed by atoms with Gasteiger partial charge in [-0.15, -0.1) is 0 Å². The molecule has 0 aliphatic heterocycles. The Morgan fingerprint density at radius 3 is 2.38 bits per heavy atom. The molecule has 116 valence electrons. The number of hydrogen-bond donors (Lipinski definition) is 1. The molecule has 1 aromatic rings. The van der Waals surface area contributed by atoms with E-state index >= 15 is 0 Å². The third kappa shape index (κ3) is 4.21. The molecule has 0 saturated heterocycles. The number of amides is 1. The normalized spacial score (nSPS) is 14.0. The van der Waals surface area contributed by atoms with Crippen molar-refractivity contribution in [3.8, 4) is 0 Å². The van der Waals surface area contributed by atoms with E-state index in [1.54, 1.807) is 0 Å². The Morgan fingerprint density at radius 2 is 1.90 bits per heavy atom. The van der Waals surface area contributed by atoms with Crippen LogP contribution in [-0.2, 0) is 11.3 Å². The lowest BCUT2D eigenvalue weighted by Crippen LogP contribution is -2.41. The summed E-state index contributed by atoms with van der Waals surface area (Å²) >= 11 is 0. The van der Waals surface area contributed by atoms with Gasteiger partial charge in [0.05, 0.1) is 6.54 Å². The van der Waals surface area contributed by atoms with Crippen LogP contribution >= 0.6 is 0 Å².